The van der Waals surface area contributed by atoms with E-state index in [0.717, 1.165) is 33.5 Å². The van der Waals surface area contributed by atoms with Crippen LogP contribution in [0.1, 0.15) is 33.4 Å². The summed E-state index contributed by atoms with van der Waals surface area (Å²) >= 11 is 0. The summed E-state index contributed by atoms with van der Waals surface area (Å²) in [6.45, 7) is 4.03. The Kier molecular flexibility index (Phi) is 9.32. The Hall–Kier alpha value is -7.37. The Bertz CT molecular complexity index is 2590. The average molecular weight is 720 g/mol. The Labute approximate surface area is 327 Å². The summed E-state index contributed by atoms with van der Waals surface area (Å²) in [5.74, 6) is 2.36. The highest BCUT2D eigenvalue weighted by Crippen LogP contribution is 2.55. The van der Waals surface area contributed by atoms with Gasteiger partial charge in [0.25, 0.3) is 0 Å². The van der Waals surface area contributed by atoms with E-state index < -0.39 is 5.41 Å². The highest BCUT2D eigenvalue weighted by molar-refractivity contribution is 6.05. The summed E-state index contributed by atoms with van der Waals surface area (Å²) in [5, 5.41) is 0. The van der Waals surface area contributed by atoms with Gasteiger partial charge in [0.15, 0.2) is 23.3 Å². The smallest absolute Gasteiger partial charge is 0.164 e. The molecule has 1 heterocycles. The molecule has 7 aromatic carbocycles. The summed E-state index contributed by atoms with van der Waals surface area (Å²) in [4.78, 5) is 24.7. The van der Waals surface area contributed by atoms with Crippen molar-refractivity contribution in [2.45, 2.75) is 11.8 Å². The molecule has 56 heavy (non-hydrogen) atoms. The highest BCUT2D eigenvalue weighted by Gasteiger charge is 2.47. The van der Waals surface area contributed by atoms with Crippen LogP contribution >= 0.6 is 0 Å². The first-order chi connectivity index (χ1) is 27.7. The van der Waals surface area contributed by atoms with Gasteiger partial charge in [0.05, 0.1) is 11.1 Å². The van der Waals surface area contributed by atoms with Crippen LogP contribution in [0.15, 0.2) is 216 Å². The molecule has 0 saturated carbocycles. The van der Waals surface area contributed by atoms with E-state index in [1.54, 1.807) is 0 Å². The SMILES string of the molecule is C=NC(=NC1=C(Cc2ccccc2)C(c2ccccc2)(c2ccccc2)c2ccccc21)c1ccc(-c2nc(-c3ccccc3)nc(-c3ccccc3)n2)cc1. The van der Waals surface area contributed by atoms with Crippen LogP contribution in [0.3, 0.4) is 0 Å². The van der Waals surface area contributed by atoms with E-state index in [0.29, 0.717) is 29.7 Å². The molecule has 0 amide bonds. The summed E-state index contributed by atoms with van der Waals surface area (Å²) < 4.78 is 0. The average Bonchev–Trinajstić information content (AvgIpc) is 3.55. The van der Waals surface area contributed by atoms with Crippen LogP contribution in [0.5, 0.6) is 0 Å². The van der Waals surface area contributed by atoms with Crippen LogP contribution in [0.2, 0.25) is 0 Å². The van der Waals surface area contributed by atoms with Crippen molar-refractivity contribution in [3.63, 3.8) is 0 Å². The zero-order valence-corrected chi connectivity index (χ0v) is 30.7. The number of hydrogen-bond donors (Lipinski definition) is 0. The van der Waals surface area contributed by atoms with Crippen molar-refractivity contribution in [1.82, 2.24) is 15.0 Å². The molecule has 0 radical (unpaired) electrons. The molecular weight excluding hydrogens is 683 g/mol. The van der Waals surface area contributed by atoms with Crippen LogP contribution in [-0.4, -0.2) is 27.5 Å². The van der Waals surface area contributed by atoms with Crippen molar-refractivity contribution in [3.05, 3.63) is 239 Å². The molecule has 0 fully saturated rings. The third-order valence-electron chi connectivity index (χ3n) is 10.4. The third kappa shape index (κ3) is 6.35. The minimum atomic E-state index is -0.588. The largest absolute Gasteiger partial charge is 0.245 e. The molecule has 0 spiro atoms. The predicted octanol–water partition coefficient (Wildman–Crippen LogP) is 11.3. The van der Waals surface area contributed by atoms with Gasteiger partial charge in [0, 0.05) is 27.8 Å². The normalized spacial score (nSPS) is 13.3. The summed E-state index contributed by atoms with van der Waals surface area (Å²) in [5.41, 5.74) is 10.9. The molecular formula is C51H37N5. The molecule has 266 valence electrons. The zero-order valence-electron chi connectivity index (χ0n) is 30.7. The van der Waals surface area contributed by atoms with E-state index in [9.17, 15) is 0 Å². The fourth-order valence-corrected chi connectivity index (χ4v) is 7.87. The van der Waals surface area contributed by atoms with Gasteiger partial charge < -0.3 is 0 Å². The third-order valence-corrected chi connectivity index (χ3v) is 10.4. The molecule has 0 atom stereocenters. The number of nitrogens with zero attached hydrogens (tertiary/aromatic N) is 5. The molecule has 0 unspecified atom stereocenters. The fourth-order valence-electron chi connectivity index (χ4n) is 7.87. The summed E-state index contributed by atoms with van der Waals surface area (Å²) in [6.07, 6.45) is 0.689. The van der Waals surface area contributed by atoms with Gasteiger partial charge in [-0.15, -0.1) is 0 Å². The number of aliphatic imine (C=N–C) groups is 2. The number of allylic oxidation sites excluding steroid dienone is 1. The topological polar surface area (TPSA) is 63.4 Å². The molecule has 5 nitrogen and oxygen atoms in total. The number of benzene rings is 7. The van der Waals surface area contributed by atoms with E-state index in [1.165, 1.54) is 27.8 Å². The molecule has 0 aliphatic heterocycles. The number of aromatic nitrogens is 3. The lowest BCUT2D eigenvalue weighted by atomic mass is 9.66. The second kappa shape index (κ2) is 15.2. The molecule has 9 rings (SSSR count). The molecule has 0 N–H and O–H groups in total. The van der Waals surface area contributed by atoms with E-state index in [2.05, 4.69) is 127 Å². The first-order valence-electron chi connectivity index (χ1n) is 18.7. The minimum absolute atomic E-state index is 0.537. The Balaban J connectivity index is 1.20. The summed E-state index contributed by atoms with van der Waals surface area (Å²) in [6, 6.07) is 69.0. The van der Waals surface area contributed by atoms with Crippen LogP contribution in [-0.2, 0) is 11.8 Å². The van der Waals surface area contributed by atoms with Gasteiger partial charge in [0.2, 0.25) is 0 Å². The first-order valence-corrected chi connectivity index (χ1v) is 18.7. The molecule has 0 saturated heterocycles. The minimum Gasteiger partial charge on any atom is -0.245 e. The van der Waals surface area contributed by atoms with Gasteiger partial charge in [-0.25, -0.2) is 24.9 Å². The van der Waals surface area contributed by atoms with Crippen LogP contribution in [0.4, 0.5) is 0 Å². The maximum atomic E-state index is 5.47. The van der Waals surface area contributed by atoms with E-state index in [-0.39, 0.29) is 0 Å². The Morgan fingerprint density at radius 1 is 0.464 bits per heavy atom. The Morgan fingerprint density at radius 2 is 0.893 bits per heavy atom. The molecule has 5 heteroatoms. The van der Waals surface area contributed by atoms with Crippen LogP contribution in [0.25, 0.3) is 39.9 Å². The van der Waals surface area contributed by atoms with Crippen molar-refractivity contribution in [2.24, 2.45) is 9.98 Å². The second-order valence-electron chi connectivity index (χ2n) is 13.7. The molecule has 1 aliphatic rings. The number of rotatable bonds is 9. The maximum Gasteiger partial charge on any atom is 0.164 e. The van der Waals surface area contributed by atoms with Crippen molar-refractivity contribution < 1.29 is 0 Å². The van der Waals surface area contributed by atoms with Crippen molar-refractivity contribution in [1.29, 1.82) is 0 Å². The van der Waals surface area contributed by atoms with Gasteiger partial charge >= 0.3 is 0 Å². The number of hydrogen-bond acceptors (Lipinski definition) is 4. The number of amidine groups is 1. The maximum absolute atomic E-state index is 5.47. The lowest BCUT2D eigenvalue weighted by Crippen LogP contribution is -2.31. The predicted molar refractivity (Wildman–Crippen MR) is 228 cm³/mol. The zero-order chi connectivity index (χ0) is 37.7. The van der Waals surface area contributed by atoms with Crippen molar-refractivity contribution in [2.75, 3.05) is 0 Å². The van der Waals surface area contributed by atoms with Crippen molar-refractivity contribution in [3.8, 4) is 34.2 Å². The van der Waals surface area contributed by atoms with Gasteiger partial charge in [-0.05, 0) is 41.0 Å². The summed E-state index contributed by atoms with van der Waals surface area (Å²) in [7, 11) is 0. The quantitative estimate of drug-likeness (QED) is 0.110. The van der Waals surface area contributed by atoms with E-state index >= 15 is 0 Å². The van der Waals surface area contributed by atoms with Gasteiger partial charge in [-0.1, -0.05) is 200 Å². The first kappa shape index (κ1) is 34.4. The Morgan fingerprint density at radius 3 is 1.39 bits per heavy atom. The van der Waals surface area contributed by atoms with Gasteiger partial charge in [-0.2, -0.15) is 0 Å². The number of fused-ring (bicyclic) bond motifs is 1. The standard InChI is InChI=1S/C51H37N5/c1-52-47(39-31-33-40(34-32-39)50-55-48(37-21-9-3-10-22-37)54-49(56-50)38-23-11-4-12-24-38)53-46-43-29-17-18-30-44(43)51(41-25-13-5-14-26-41,42-27-15-6-16-28-42)45(46)35-36-19-7-2-8-20-36/h2-34H,1,35H2. The molecule has 0 bridgehead atoms. The molecule has 8 aromatic rings. The fraction of sp³-hybridized carbons (Fsp3) is 0.0392. The monoisotopic (exact) mass is 719 g/mol. The van der Waals surface area contributed by atoms with Crippen LogP contribution in [0, 0.1) is 0 Å². The molecule has 1 aliphatic carbocycles. The van der Waals surface area contributed by atoms with Crippen molar-refractivity contribution >= 4 is 18.3 Å². The lowest BCUT2D eigenvalue weighted by molar-refractivity contribution is 0.719. The lowest BCUT2D eigenvalue weighted by Gasteiger charge is -2.35. The highest BCUT2D eigenvalue weighted by atomic mass is 15.0. The van der Waals surface area contributed by atoms with E-state index in [1.807, 2.05) is 84.9 Å². The van der Waals surface area contributed by atoms with E-state index in [4.69, 9.17) is 19.9 Å². The second-order valence-corrected chi connectivity index (χ2v) is 13.7. The molecule has 1 aromatic heterocycles. The van der Waals surface area contributed by atoms with Gasteiger partial charge in [-0.3, -0.25) is 0 Å². The van der Waals surface area contributed by atoms with Gasteiger partial charge in [0.1, 0.15) is 0 Å². The van der Waals surface area contributed by atoms with Crippen LogP contribution < -0.4 is 0 Å².